The third kappa shape index (κ3) is 3.07. The largest absolute Gasteiger partial charge is 0.380 e. The van der Waals surface area contributed by atoms with E-state index in [2.05, 4.69) is 5.32 Å². The van der Waals surface area contributed by atoms with Gasteiger partial charge in [0.1, 0.15) is 5.82 Å². The van der Waals surface area contributed by atoms with E-state index in [4.69, 9.17) is 0 Å². The monoisotopic (exact) mass is 260 g/mol. The lowest BCUT2D eigenvalue weighted by Crippen LogP contribution is -2.03. The minimum atomic E-state index is -0.451. The Labute approximate surface area is 110 Å². The van der Waals surface area contributed by atoms with Crippen LogP contribution >= 0.6 is 0 Å². The van der Waals surface area contributed by atoms with E-state index in [0.717, 1.165) is 5.56 Å². The highest BCUT2D eigenvalue weighted by Crippen LogP contribution is 2.22. The van der Waals surface area contributed by atoms with E-state index in [1.54, 1.807) is 24.3 Å². The molecule has 0 unspecified atom stereocenters. The lowest BCUT2D eigenvalue weighted by atomic mass is 10.1. The zero-order valence-electron chi connectivity index (χ0n) is 10.4. The molecule has 0 aliphatic carbocycles. The van der Waals surface area contributed by atoms with Gasteiger partial charge in [-0.25, -0.2) is 4.39 Å². The second kappa shape index (κ2) is 5.48. The van der Waals surface area contributed by atoms with Gasteiger partial charge < -0.3 is 5.32 Å². The Kier molecular flexibility index (Phi) is 3.75. The van der Waals surface area contributed by atoms with Gasteiger partial charge in [-0.15, -0.1) is 0 Å². The van der Waals surface area contributed by atoms with Crippen molar-refractivity contribution in [1.29, 1.82) is 0 Å². The zero-order valence-corrected chi connectivity index (χ0v) is 10.4. The van der Waals surface area contributed by atoms with Gasteiger partial charge in [-0.05, 0) is 18.6 Å². The Hall–Kier alpha value is -2.43. The first-order valence-corrected chi connectivity index (χ1v) is 5.80. The first-order chi connectivity index (χ1) is 9.08. The third-order valence-corrected chi connectivity index (χ3v) is 2.86. The lowest BCUT2D eigenvalue weighted by molar-refractivity contribution is -0.384. The molecule has 0 radical (unpaired) electrons. The van der Waals surface area contributed by atoms with Gasteiger partial charge in [0.25, 0.3) is 5.69 Å². The number of non-ortho nitro benzene ring substituents is 1. The molecule has 0 heterocycles. The van der Waals surface area contributed by atoms with E-state index in [1.807, 2.05) is 6.92 Å². The normalized spacial score (nSPS) is 10.2. The van der Waals surface area contributed by atoms with E-state index in [0.29, 0.717) is 11.3 Å². The summed E-state index contributed by atoms with van der Waals surface area (Å²) < 4.78 is 13.5. The molecule has 4 nitrogen and oxygen atoms in total. The van der Waals surface area contributed by atoms with Crippen molar-refractivity contribution in [2.24, 2.45) is 0 Å². The van der Waals surface area contributed by atoms with Gasteiger partial charge in [-0.3, -0.25) is 10.1 Å². The van der Waals surface area contributed by atoms with E-state index in [-0.39, 0.29) is 18.0 Å². The smallest absolute Gasteiger partial charge is 0.271 e. The first-order valence-electron chi connectivity index (χ1n) is 5.80. The van der Waals surface area contributed by atoms with Crippen molar-refractivity contribution >= 4 is 11.4 Å². The molecule has 0 aliphatic rings. The van der Waals surface area contributed by atoms with Crippen molar-refractivity contribution in [1.82, 2.24) is 0 Å². The van der Waals surface area contributed by atoms with Crippen molar-refractivity contribution < 1.29 is 9.31 Å². The van der Waals surface area contributed by atoms with Gasteiger partial charge >= 0.3 is 0 Å². The topological polar surface area (TPSA) is 55.2 Å². The number of hydrogen-bond acceptors (Lipinski definition) is 3. The molecule has 0 saturated heterocycles. The van der Waals surface area contributed by atoms with E-state index in [1.165, 1.54) is 18.2 Å². The number of benzene rings is 2. The lowest BCUT2D eigenvalue weighted by Gasteiger charge is -2.10. The number of nitrogens with zero attached hydrogens (tertiary/aromatic N) is 1. The average molecular weight is 260 g/mol. The number of nitro benzene ring substituents is 1. The van der Waals surface area contributed by atoms with Crippen LogP contribution in [-0.4, -0.2) is 4.92 Å². The minimum absolute atomic E-state index is 0.0154. The molecule has 5 heteroatoms. The fourth-order valence-corrected chi connectivity index (χ4v) is 1.75. The van der Waals surface area contributed by atoms with Gasteiger partial charge in [-0.1, -0.05) is 24.3 Å². The predicted molar refractivity (Wildman–Crippen MR) is 71.6 cm³/mol. The van der Waals surface area contributed by atoms with Crippen LogP contribution in [0, 0.1) is 22.9 Å². The Bertz CT molecular complexity index is 614. The van der Waals surface area contributed by atoms with Crippen LogP contribution in [0.5, 0.6) is 0 Å². The fraction of sp³-hybridized carbons (Fsp3) is 0.143. The molecule has 98 valence electrons. The molecular formula is C14H13FN2O2. The molecule has 2 aromatic carbocycles. The van der Waals surface area contributed by atoms with Gasteiger partial charge in [0, 0.05) is 29.9 Å². The van der Waals surface area contributed by atoms with E-state index < -0.39 is 4.92 Å². The summed E-state index contributed by atoms with van der Waals surface area (Å²) in [5, 5.41) is 13.7. The molecule has 0 amide bonds. The molecule has 1 N–H and O–H groups in total. The van der Waals surface area contributed by atoms with Crippen LogP contribution in [0.25, 0.3) is 0 Å². The molecule has 2 aromatic rings. The first kappa shape index (κ1) is 13.0. The van der Waals surface area contributed by atoms with Crippen LogP contribution in [0.15, 0.2) is 42.5 Å². The van der Waals surface area contributed by atoms with Crippen molar-refractivity contribution in [3.05, 3.63) is 69.5 Å². The van der Waals surface area contributed by atoms with Gasteiger partial charge in [0.05, 0.1) is 4.92 Å². The van der Waals surface area contributed by atoms with Gasteiger partial charge in [0.15, 0.2) is 0 Å². The quantitative estimate of drug-likeness (QED) is 0.674. The number of hydrogen-bond donors (Lipinski definition) is 1. The summed E-state index contributed by atoms with van der Waals surface area (Å²) in [4.78, 5) is 10.3. The number of rotatable bonds is 4. The molecule has 2 rings (SSSR count). The number of halogens is 1. The van der Waals surface area contributed by atoms with Crippen molar-refractivity contribution in [3.63, 3.8) is 0 Å². The molecule has 0 aromatic heterocycles. The van der Waals surface area contributed by atoms with E-state index >= 15 is 0 Å². The summed E-state index contributed by atoms with van der Waals surface area (Å²) in [6.07, 6.45) is 0. The standard InChI is InChI=1S/C14H13FN2O2/c1-10-6-7-12(17(18)19)8-14(10)16-9-11-4-2-3-5-13(11)15/h2-8,16H,9H2,1H3. The number of anilines is 1. The second-order valence-electron chi connectivity index (χ2n) is 4.20. The molecule has 0 spiro atoms. The van der Waals surface area contributed by atoms with Crippen molar-refractivity contribution in [2.45, 2.75) is 13.5 Å². The summed E-state index contributed by atoms with van der Waals surface area (Å²) in [6.45, 7) is 2.13. The molecule has 0 atom stereocenters. The SMILES string of the molecule is Cc1ccc([N+](=O)[O-])cc1NCc1ccccc1F. The maximum Gasteiger partial charge on any atom is 0.271 e. The summed E-state index contributed by atoms with van der Waals surface area (Å²) in [5.74, 6) is -0.293. The number of aryl methyl sites for hydroxylation is 1. The van der Waals surface area contributed by atoms with Crippen LogP contribution in [0.1, 0.15) is 11.1 Å². The highest BCUT2D eigenvalue weighted by atomic mass is 19.1. The molecule has 0 saturated carbocycles. The second-order valence-corrected chi connectivity index (χ2v) is 4.20. The van der Waals surface area contributed by atoms with Gasteiger partial charge in [-0.2, -0.15) is 0 Å². The van der Waals surface area contributed by atoms with Crippen molar-refractivity contribution in [3.8, 4) is 0 Å². The van der Waals surface area contributed by atoms with Gasteiger partial charge in [0.2, 0.25) is 0 Å². The Balaban J connectivity index is 2.17. The average Bonchev–Trinajstić information content (AvgIpc) is 2.39. The van der Waals surface area contributed by atoms with Crippen LogP contribution in [0.3, 0.4) is 0 Å². The summed E-state index contributed by atoms with van der Waals surface area (Å²) in [5.41, 5.74) is 2.05. The van der Waals surface area contributed by atoms with Crippen LogP contribution < -0.4 is 5.32 Å². The molecule has 0 aliphatic heterocycles. The van der Waals surface area contributed by atoms with E-state index in [9.17, 15) is 14.5 Å². The minimum Gasteiger partial charge on any atom is -0.380 e. The Morgan fingerprint density at radius 3 is 2.68 bits per heavy atom. The Morgan fingerprint density at radius 1 is 1.26 bits per heavy atom. The summed E-state index contributed by atoms with van der Waals surface area (Å²) >= 11 is 0. The molecule has 0 fully saturated rings. The molecular weight excluding hydrogens is 247 g/mol. The van der Waals surface area contributed by atoms with Crippen LogP contribution in [0.4, 0.5) is 15.8 Å². The highest BCUT2D eigenvalue weighted by molar-refractivity contribution is 5.57. The number of nitrogens with one attached hydrogen (secondary N) is 1. The van der Waals surface area contributed by atoms with Crippen molar-refractivity contribution in [2.75, 3.05) is 5.32 Å². The number of nitro groups is 1. The maximum atomic E-state index is 13.5. The Morgan fingerprint density at radius 2 is 2.00 bits per heavy atom. The maximum absolute atomic E-state index is 13.5. The highest BCUT2D eigenvalue weighted by Gasteiger charge is 2.09. The predicted octanol–water partition coefficient (Wildman–Crippen LogP) is 3.65. The molecule has 0 bridgehead atoms. The summed E-state index contributed by atoms with van der Waals surface area (Å²) in [7, 11) is 0. The third-order valence-electron chi connectivity index (χ3n) is 2.86. The summed E-state index contributed by atoms with van der Waals surface area (Å²) in [6, 6.07) is 11.0. The van der Waals surface area contributed by atoms with Crippen LogP contribution in [0.2, 0.25) is 0 Å². The van der Waals surface area contributed by atoms with Crippen LogP contribution in [-0.2, 0) is 6.54 Å². The fourth-order valence-electron chi connectivity index (χ4n) is 1.75. The molecule has 19 heavy (non-hydrogen) atoms. The zero-order chi connectivity index (χ0) is 13.8.